The molecule has 0 spiro atoms. The Bertz CT molecular complexity index is 1480. The Morgan fingerprint density at radius 1 is 0.972 bits per heavy atom. The second kappa shape index (κ2) is 9.62. The summed E-state index contributed by atoms with van der Waals surface area (Å²) in [7, 11) is 0. The molecule has 1 aliphatic heterocycles. The Hall–Kier alpha value is -3.91. The molecule has 0 aliphatic carbocycles. The van der Waals surface area contributed by atoms with E-state index in [9.17, 15) is 4.79 Å². The zero-order chi connectivity index (χ0) is 25.4. The van der Waals surface area contributed by atoms with Crippen LogP contribution >= 0.6 is 11.6 Å². The summed E-state index contributed by atoms with van der Waals surface area (Å²) in [5.41, 5.74) is 3.38. The number of nitrogens with one attached hydrogen (secondary N) is 1. The van der Waals surface area contributed by atoms with E-state index >= 15 is 8.78 Å². The van der Waals surface area contributed by atoms with E-state index < -0.39 is 17.7 Å². The van der Waals surface area contributed by atoms with Crippen LogP contribution < -0.4 is 5.32 Å². The van der Waals surface area contributed by atoms with Gasteiger partial charge in [0.2, 0.25) is 0 Å². The summed E-state index contributed by atoms with van der Waals surface area (Å²) in [6, 6.07) is 10.2. The number of carbonyl (C=O) groups is 1. The van der Waals surface area contributed by atoms with E-state index in [4.69, 9.17) is 11.6 Å². The Kier molecular flexibility index (Phi) is 6.36. The van der Waals surface area contributed by atoms with Crippen LogP contribution in [0.25, 0.3) is 22.4 Å². The van der Waals surface area contributed by atoms with Crippen LogP contribution in [0.1, 0.15) is 41.4 Å². The molecule has 4 heterocycles. The molecule has 0 unspecified atom stereocenters. The second-order valence-electron chi connectivity index (χ2n) is 8.52. The van der Waals surface area contributed by atoms with E-state index in [1.807, 2.05) is 6.92 Å². The number of nitrogens with zero attached hydrogens (tertiary/aromatic N) is 4. The minimum absolute atomic E-state index is 0.0575. The summed E-state index contributed by atoms with van der Waals surface area (Å²) >= 11 is 5.98. The Morgan fingerprint density at radius 3 is 2.50 bits per heavy atom. The van der Waals surface area contributed by atoms with Crippen LogP contribution in [-0.4, -0.2) is 32.3 Å². The summed E-state index contributed by atoms with van der Waals surface area (Å²) in [6.45, 7) is 4.64. The van der Waals surface area contributed by atoms with Crippen molar-refractivity contribution in [3.63, 3.8) is 0 Å². The fraction of sp³-hybridized carbons (Fsp3) is 0.185. The van der Waals surface area contributed by atoms with Crippen LogP contribution in [0.3, 0.4) is 0 Å². The first-order valence-electron chi connectivity index (χ1n) is 11.5. The number of amides is 1. The number of pyridine rings is 3. The average molecular weight is 506 g/mol. The molecule has 1 aromatic carbocycles. The highest BCUT2D eigenvalue weighted by Gasteiger charge is 2.29. The number of rotatable bonds is 6. The lowest BCUT2D eigenvalue weighted by molar-refractivity contribution is 0.0787. The smallest absolute Gasteiger partial charge is 0.254 e. The molecule has 3 aromatic heterocycles. The second-order valence-corrected chi connectivity index (χ2v) is 8.91. The molecule has 5 rings (SSSR count). The van der Waals surface area contributed by atoms with Gasteiger partial charge in [-0.05, 0) is 61.9 Å². The van der Waals surface area contributed by atoms with Gasteiger partial charge >= 0.3 is 0 Å². The van der Waals surface area contributed by atoms with E-state index in [2.05, 4.69) is 20.3 Å². The minimum Gasteiger partial charge on any atom is -0.363 e. The number of hydrogen-bond donors (Lipinski definition) is 1. The molecular formula is C27H22ClF2N5O. The molecular weight excluding hydrogens is 484 g/mol. The highest BCUT2D eigenvalue weighted by atomic mass is 35.5. The zero-order valence-electron chi connectivity index (χ0n) is 19.6. The van der Waals surface area contributed by atoms with Crippen molar-refractivity contribution in [2.75, 3.05) is 11.9 Å². The maximum atomic E-state index is 15.3. The van der Waals surface area contributed by atoms with Crippen LogP contribution in [0, 0.1) is 11.6 Å². The van der Waals surface area contributed by atoms with Gasteiger partial charge in [0, 0.05) is 53.0 Å². The maximum absolute atomic E-state index is 15.3. The molecule has 1 atom stereocenters. The maximum Gasteiger partial charge on any atom is 0.254 e. The lowest BCUT2D eigenvalue weighted by Gasteiger charge is -2.19. The fourth-order valence-corrected chi connectivity index (χ4v) is 4.56. The molecule has 1 amide bonds. The van der Waals surface area contributed by atoms with Gasteiger partial charge in [0.05, 0.1) is 18.3 Å². The lowest BCUT2D eigenvalue weighted by Crippen LogP contribution is -2.22. The number of aromatic nitrogens is 3. The molecule has 1 aliphatic rings. The number of benzene rings is 1. The van der Waals surface area contributed by atoms with Gasteiger partial charge < -0.3 is 10.2 Å². The monoisotopic (exact) mass is 505 g/mol. The van der Waals surface area contributed by atoms with Crippen LogP contribution in [0.4, 0.5) is 14.6 Å². The summed E-state index contributed by atoms with van der Waals surface area (Å²) in [5, 5.41) is 3.47. The number of anilines is 1. The van der Waals surface area contributed by atoms with E-state index in [0.29, 0.717) is 40.9 Å². The van der Waals surface area contributed by atoms with Crippen molar-refractivity contribution < 1.29 is 13.6 Å². The third-order valence-corrected chi connectivity index (χ3v) is 6.51. The largest absolute Gasteiger partial charge is 0.363 e. The molecule has 4 aromatic rings. The van der Waals surface area contributed by atoms with Gasteiger partial charge in [0.1, 0.15) is 22.6 Å². The zero-order valence-corrected chi connectivity index (χ0v) is 20.4. The van der Waals surface area contributed by atoms with E-state index in [0.717, 1.165) is 11.1 Å². The number of fused-ring (bicyclic) bond motifs is 1. The number of halogens is 3. The van der Waals surface area contributed by atoms with Gasteiger partial charge in [-0.2, -0.15) is 0 Å². The standard InChI is InChI=1S/C27H22ClF2N5O/c1-3-35-14-21-18(27(35)36)6-9-33-26(21)34-15(2)19-12-23(30)20(13-22(19)29)16-4-7-31-24(10-16)17-5-8-32-25(28)11-17/h4-13,15H,3,14H2,1-2H3,(H,33,34)/t15-/m0/s1. The fourth-order valence-electron chi connectivity index (χ4n) is 4.38. The van der Waals surface area contributed by atoms with Gasteiger partial charge in [0.25, 0.3) is 5.91 Å². The quantitative estimate of drug-likeness (QED) is 0.312. The van der Waals surface area contributed by atoms with E-state index in [1.54, 1.807) is 54.5 Å². The topological polar surface area (TPSA) is 71.0 Å². The van der Waals surface area contributed by atoms with Crippen molar-refractivity contribution in [3.05, 3.63) is 94.5 Å². The molecule has 0 fully saturated rings. The summed E-state index contributed by atoms with van der Waals surface area (Å²) in [6.07, 6.45) is 4.64. The Labute approximate surface area is 212 Å². The highest BCUT2D eigenvalue weighted by molar-refractivity contribution is 6.29. The van der Waals surface area contributed by atoms with Gasteiger partial charge in [0.15, 0.2) is 0 Å². The summed E-state index contributed by atoms with van der Waals surface area (Å²) < 4.78 is 30.5. The summed E-state index contributed by atoms with van der Waals surface area (Å²) in [5.74, 6) is -0.694. The lowest BCUT2D eigenvalue weighted by atomic mass is 9.99. The van der Waals surface area contributed by atoms with Crippen molar-refractivity contribution in [1.82, 2.24) is 19.9 Å². The SMILES string of the molecule is CCN1Cc2c(ccnc2N[C@@H](C)c2cc(F)c(-c3ccnc(-c4ccnc(Cl)c4)c3)cc2F)C1=O. The van der Waals surface area contributed by atoms with Crippen LogP contribution in [0.2, 0.25) is 5.15 Å². The van der Waals surface area contributed by atoms with Gasteiger partial charge in [-0.25, -0.2) is 18.7 Å². The Balaban J connectivity index is 1.43. The van der Waals surface area contributed by atoms with Crippen LogP contribution in [0.5, 0.6) is 0 Å². The molecule has 0 radical (unpaired) electrons. The van der Waals surface area contributed by atoms with Gasteiger partial charge in [-0.1, -0.05) is 11.6 Å². The predicted octanol–water partition coefficient (Wildman–Crippen LogP) is 6.29. The Morgan fingerprint density at radius 2 is 1.72 bits per heavy atom. The van der Waals surface area contributed by atoms with Crippen molar-refractivity contribution >= 4 is 23.3 Å². The first-order valence-corrected chi connectivity index (χ1v) is 11.8. The third-order valence-electron chi connectivity index (χ3n) is 6.30. The first-order chi connectivity index (χ1) is 17.4. The number of hydrogen-bond acceptors (Lipinski definition) is 5. The molecule has 182 valence electrons. The summed E-state index contributed by atoms with van der Waals surface area (Å²) in [4.78, 5) is 26.8. The van der Waals surface area contributed by atoms with Crippen molar-refractivity contribution in [3.8, 4) is 22.4 Å². The molecule has 0 saturated carbocycles. The molecule has 1 N–H and O–H groups in total. The van der Waals surface area contributed by atoms with Gasteiger partial charge in [-0.3, -0.25) is 9.78 Å². The van der Waals surface area contributed by atoms with Gasteiger partial charge in [-0.15, -0.1) is 0 Å². The molecule has 36 heavy (non-hydrogen) atoms. The normalized spacial score (nSPS) is 13.6. The molecule has 0 saturated heterocycles. The van der Waals surface area contributed by atoms with Crippen LogP contribution in [-0.2, 0) is 6.54 Å². The van der Waals surface area contributed by atoms with E-state index in [-0.39, 0.29) is 17.0 Å². The van der Waals surface area contributed by atoms with Crippen molar-refractivity contribution in [2.24, 2.45) is 0 Å². The third kappa shape index (κ3) is 4.40. The van der Waals surface area contributed by atoms with Crippen molar-refractivity contribution in [2.45, 2.75) is 26.4 Å². The average Bonchev–Trinajstić information content (AvgIpc) is 3.21. The van der Waals surface area contributed by atoms with E-state index in [1.165, 1.54) is 18.3 Å². The predicted molar refractivity (Wildman–Crippen MR) is 135 cm³/mol. The molecule has 9 heteroatoms. The first kappa shape index (κ1) is 23.8. The molecule has 6 nitrogen and oxygen atoms in total. The molecule has 0 bridgehead atoms. The minimum atomic E-state index is -0.592. The van der Waals surface area contributed by atoms with Crippen molar-refractivity contribution in [1.29, 1.82) is 0 Å². The van der Waals surface area contributed by atoms with Crippen LogP contribution in [0.15, 0.2) is 61.1 Å². The highest BCUT2D eigenvalue weighted by Crippen LogP contribution is 2.33. The number of carbonyl (C=O) groups excluding carboxylic acids is 1.